The van der Waals surface area contributed by atoms with Crippen LogP contribution in [0, 0.1) is 0 Å². The predicted molar refractivity (Wildman–Crippen MR) is 272 cm³/mol. The average molecular weight is 1170 g/mol. The van der Waals surface area contributed by atoms with Gasteiger partial charge in [-0.1, -0.05) is 78.5 Å². The van der Waals surface area contributed by atoms with Crippen LogP contribution in [0.3, 0.4) is 0 Å². The van der Waals surface area contributed by atoms with Gasteiger partial charge in [-0.25, -0.2) is 18.0 Å². The third-order valence-corrected chi connectivity index (χ3v) is 13.4. The smallest absolute Gasteiger partial charge is 0.871 e. The molecule has 0 aromatic heterocycles. The van der Waals surface area contributed by atoms with Crippen LogP contribution in [0.4, 0.5) is 34.1 Å². The maximum atomic E-state index is 12.3. The Balaban J connectivity index is 0.000000190. The van der Waals surface area contributed by atoms with Gasteiger partial charge in [0.2, 0.25) is 0 Å². The standard InChI is InChI=1S/3C17H12N2O6S.Mn/c3*20-16-14(17(21)22)9-10-3-1-2-4-13(10)15(16)19-18-11-5-7-12(8-6-11)26(23,24)25;/h3*1-9,20H,(H,21,22)(H,23,24,25);/q;;;+3/p-3. The van der Waals surface area contributed by atoms with Gasteiger partial charge >= 0.3 is 29.0 Å². The van der Waals surface area contributed by atoms with Crippen LogP contribution < -0.4 is 10.2 Å². The first kappa shape index (κ1) is 58.9. The van der Waals surface area contributed by atoms with E-state index in [0.717, 1.165) is 36.4 Å². The Hall–Kier alpha value is -9.38. The monoisotopic (exact) mass is 1170 g/mol. The maximum Gasteiger partial charge on any atom is 3.00 e. The van der Waals surface area contributed by atoms with Crippen LogP contribution >= 0.6 is 0 Å². The van der Waals surface area contributed by atoms with Crippen LogP contribution in [0.5, 0.6) is 17.2 Å². The van der Waals surface area contributed by atoms with Gasteiger partial charge in [0.1, 0.15) is 32.6 Å². The molecular weight excluding hydrogens is 1140 g/mol. The van der Waals surface area contributed by atoms with E-state index in [4.69, 9.17) is 9.11 Å². The van der Waals surface area contributed by atoms with Crippen LogP contribution in [-0.4, -0.2) is 77.2 Å². The Bertz CT molecular complexity index is 3860. The number of aromatic hydroxyl groups is 2. The molecule has 0 bridgehead atoms. The molecule has 0 heterocycles. The van der Waals surface area contributed by atoms with Crippen molar-refractivity contribution in [1.82, 2.24) is 0 Å². The number of phenols is 2. The summed E-state index contributed by atoms with van der Waals surface area (Å²) in [5.74, 6) is -6.11. The van der Waals surface area contributed by atoms with E-state index >= 15 is 0 Å². The molecule has 0 spiro atoms. The molecule has 0 fully saturated rings. The van der Waals surface area contributed by atoms with Crippen molar-refractivity contribution in [3.05, 3.63) is 180 Å². The number of aromatic carboxylic acids is 3. The van der Waals surface area contributed by atoms with E-state index in [0.29, 0.717) is 32.3 Å². The fraction of sp³-hybridized carbons (Fsp3) is 0. The average Bonchev–Trinajstić information content (AvgIpc) is 3.42. The third-order valence-electron chi connectivity index (χ3n) is 10.8. The molecule has 0 saturated carbocycles. The number of nitrogens with zero attached hydrogens (tertiary/aromatic N) is 6. The summed E-state index contributed by atoms with van der Waals surface area (Å²) in [4.78, 5) is 32.8. The van der Waals surface area contributed by atoms with Gasteiger partial charge in [-0.15, -0.1) is 10.2 Å². The Kier molecular flexibility index (Phi) is 18.1. The molecule has 0 aliphatic rings. The molecule has 0 amide bonds. The van der Waals surface area contributed by atoms with Gasteiger partial charge in [0, 0.05) is 16.2 Å². The van der Waals surface area contributed by atoms with Gasteiger partial charge < -0.3 is 40.0 Å². The number of azo groups is 3. The van der Waals surface area contributed by atoms with E-state index in [2.05, 4.69) is 30.7 Å². The summed E-state index contributed by atoms with van der Waals surface area (Å²) in [7, 11) is -13.2. The number of hydrogen-bond donors (Lipinski definition) is 6. The van der Waals surface area contributed by atoms with Crippen molar-refractivity contribution in [2.75, 3.05) is 0 Å². The number of benzene rings is 9. The molecule has 0 saturated heterocycles. The van der Waals surface area contributed by atoms with Gasteiger partial charge in [0.05, 0.1) is 43.4 Å². The first-order chi connectivity index (χ1) is 36.8. The Labute approximate surface area is 456 Å². The Morgan fingerprint density at radius 3 is 1.01 bits per heavy atom. The van der Waals surface area contributed by atoms with E-state index in [-0.39, 0.29) is 72.1 Å². The molecule has 0 aliphatic carbocycles. The van der Waals surface area contributed by atoms with Crippen molar-refractivity contribution in [3.8, 4) is 17.2 Å². The summed E-state index contributed by atoms with van der Waals surface area (Å²) in [5, 5.41) is 88.8. The van der Waals surface area contributed by atoms with Gasteiger partial charge in [-0.05, 0) is 113 Å². The number of fused-ring (bicyclic) bond motifs is 3. The SMILES string of the molecule is O=C(O)c1cc2ccccc2c(N=Nc2ccc(S(=O)(=O)O)cc2)c1O.O=C(O)c1cc2ccccc2c(N=Nc2ccc(S(=O)(=O)O)cc2)c1O.O=C([O-])c1cc2ccccc2c(N=Nc2ccc(S(=O)(=O)[O-])cc2)c1[O-].[Mn+3]. The zero-order chi connectivity index (χ0) is 56.7. The number of carbonyl (C=O) groups excluding carboxylic acids is 1. The number of carbonyl (C=O) groups is 3. The van der Waals surface area contributed by atoms with Crippen molar-refractivity contribution in [2.45, 2.75) is 14.7 Å². The fourth-order valence-corrected chi connectivity index (χ4v) is 8.53. The molecule has 24 nitrogen and oxygen atoms in total. The molecule has 0 atom stereocenters. The van der Waals surface area contributed by atoms with Crippen LogP contribution in [0.2, 0.25) is 0 Å². The quantitative estimate of drug-likeness (QED) is 0.0376. The number of carboxylic acids is 3. The second-order valence-electron chi connectivity index (χ2n) is 15.9. The summed E-state index contributed by atoms with van der Waals surface area (Å²) in [6.45, 7) is 0. The molecule has 400 valence electrons. The van der Waals surface area contributed by atoms with Crippen LogP contribution in [0.15, 0.2) is 209 Å². The molecule has 0 aliphatic heterocycles. The Morgan fingerprint density at radius 2 is 0.709 bits per heavy atom. The van der Waals surface area contributed by atoms with Crippen LogP contribution in [-0.2, 0) is 47.4 Å². The van der Waals surface area contributed by atoms with Crippen LogP contribution in [0.25, 0.3) is 32.3 Å². The molecule has 79 heavy (non-hydrogen) atoms. The number of hydrogen-bond acceptors (Lipinski definition) is 20. The molecule has 0 radical (unpaired) electrons. The minimum absolute atomic E-state index is 0. The predicted octanol–water partition coefficient (Wildman–Crippen LogP) is 9.41. The van der Waals surface area contributed by atoms with E-state index < -0.39 is 76.0 Å². The molecule has 9 aromatic rings. The van der Waals surface area contributed by atoms with Gasteiger partial charge in [-0.2, -0.15) is 37.3 Å². The molecular formula is C51H33MnN6O18S3. The molecule has 0 unspecified atom stereocenters. The van der Waals surface area contributed by atoms with Crippen LogP contribution in [0.1, 0.15) is 31.1 Å². The second-order valence-corrected chi connectivity index (χ2v) is 20.1. The van der Waals surface area contributed by atoms with Crippen molar-refractivity contribution < 1.29 is 101 Å². The number of carboxylic acid groups (broad SMARTS) is 3. The summed E-state index contributed by atoms with van der Waals surface area (Å²) >= 11 is 0. The fourth-order valence-electron chi connectivity index (χ4n) is 7.10. The summed E-state index contributed by atoms with van der Waals surface area (Å²) in [5.41, 5.74) is -0.673. The van der Waals surface area contributed by atoms with E-state index in [9.17, 15) is 74.8 Å². The topological polar surface area (TPSA) is 418 Å². The van der Waals surface area contributed by atoms with Gasteiger partial charge in [-0.3, -0.25) is 9.11 Å². The molecule has 9 rings (SSSR count). The third kappa shape index (κ3) is 14.2. The van der Waals surface area contributed by atoms with Crippen molar-refractivity contribution >= 4 is 115 Å². The zero-order valence-electron chi connectivity index (χ0n) is 39.5. The van der Waals surface area contributed by atoms with E-state index in [1.807, 2.05) is 0 Å². The second kappa shape index (κ2) is 24.3. The summed E-state index contributed by atoms with van der Waals surface area (Å²) < 4.78 is 94.7. The van der Waals surface area contributed by atoms with Crippen molar-refractivity contribution in [1.29, 1.82) is 0 Å². The molecule has 9 aromatic carbocycles. The largest absolute Gasteiger partial charge is 3.00 e. The summed E-state index contributed by atoms with van der Waals surface area (Å²) in [6.07, 6.45) is 0. The van der Waals surface area contributed by atoms with E-state index in [1.54, 1.807) is 72.8 Å². The van der Waals surface area contributed by atoms with Gasteiger partial charge in [0.15, 0.2) is 11.5 Å². The van der Waals surface area contributed by atoms with Gasteiger partial charge in [0.25, 0.3) is 20.2 Å². The summed E-state index contributed by atoms with van der Waals surface area (Å²) in [6, 6.07) is 38.4. The maximum absolute atomic E-state index is 12.3. The molecule has 6 N–H and O–H groups in total. The Morgan fingerprint density at radius 1 is 0.418 bits per heavy atom. The first-order valence-electron chi connectivity index (χ1n) is 21.7. The first-order valence-corrected chi connectivity index (χ1v) is 26.0. The van der Waals surface area contributed by atoms with E-state index in [1.165, 1.54) is 54.6 Å². The number of rotatable bonds is 12. The normalized spacial score (nSPS) is 11.7. The molecule has 28 heteroatoms. The van der Waals surface area contributed by atoms with Crippen molar-refractivity contribution in [2.24, 2.45) is 30.7 Å². The van der Waals surface area contributed by atoms with Crippen molar-refractivity contribution in [3.63, 3.8) is 0 Å². The minimum Gasteiger partial charge on any atom is -0.871 e. The minimum atomic E-state index is -4.58. The zero-order valence-corrected chi connectivity index (χ0v) is 43.1.